The van der Waals surface area contributed by atoms with Gasteiger partial charge in [-0.15, -0.1) is 0 Å². The molecule has 0 aliphatic carbocycles. The van der Waals surface area contributed by atoms with E-state index in [1.165, 1.54) is 161 Å². The minimum atomic E-state index is -0.0575. The van der Waals surface area contributed by atoms with Gasteiger partial charge in [-0.1, -0.05) is 161 Å². The van der Waals surface area contributed by atoms with Gasteiger partial charge in [0.25, 0.3) is 0 Å². The molecule has 0 N–H and O–H groups in total. The molecule has 0 spiro atoms. The fourth-order valence-corrected chi connectivity index (χ4v) is 6.03. The molecule has 0 bridgehead atoms. The molecule has 1 rings (SSSR count). The van der Waals surface area contributed by atoms with Crippen LogP contribution < -0.4 is 0 Å². The van der Waals surface area contributed by atoms with Crippen LogP contribution in [0, 0.1) is 0 Å². The van der Waals surface area contributed by atoms with E-state index in [0.29, 0.717) is 12.6 Å². The van der Waals surface area contributed by atoms with Crippen LogP contribution in [0.25, 0.3) is 0 Å². The average Bonchev–Trinajstić information content (AvgIpc) is 2.95. The third-order valence-corrected chi connectivity index (χ3v) is 8.63. The van der Waals surface area contributed by atoms with Gasteiger partial charge in [0.05, 0.1) is 6.61 Å². The molecule has 3 heteroatoms. The van der Waals surface area contributed by atoms with Crippen molar-refractivity contribution >= 4 is 6.09 Å². The smallest absolute Gasteiger partial charge is 0.410 e. The standard InChI is InChI=1S/C36H69NO2/c1-3-5-7-9-11-13-15-17-18-19-21-23-25-27-29-32-35(37-33-30-34-39-36(37)38)31-28-26-24-22-20-16-14-12-10-8-6-4-2/h17-18,35H,3-16,19-34H2,1-2H3/b18-17-. The molecule has 3 nitrogen and oxygen atoms in total. The predicted molar refractivity (Wildman–Crippen MR) is 172 cm³/mol. The number of rotatable bonds is 29. The number of unbranched alkanes of at least 4 members (excludes halogenated alkanes) is 22. The molecule has 1 unspecified atom stereocenters. The van der Waals surface area contributed by atoms with Crippen LogP contribution in [0.2, 0.25) is 0 Å². The molecule has 0 aromatic heterocycles. The van der Waals surface area contributed by atoms with E-state index in [1.54, 1.807) is 0 Å². The van der Waals surface area contributed by atoms with Gasteiger partial charge in [-0.2, -0.15) is 0 Å². The maximum Gasteiger partial charge on any atom is 0.410 e. The minimum Gasteiger partial charge on any atom is -0.449 e. The van der Waals surface area contributed by atoms with Crippen molar-refractivity contribution in [1.82, 2.24) is 4.90 Å². The summed E-state index contributed by atoms with van der Waals surface area (Å²) >= 11 is 0. The number of carbonyl (C=O) groups excluding carboxylic acids is 1. The highest BCUT2D eigenvalue weighted by molar-refractivity contribution is 5.68. The largest absolute Gasteiger partial charge is 0.449 e. The van der Waals surface area contributed by atoms with Gasteiger partial charge in [0, 0.05) is 12.6 Å². The van der Waals surface area contributed by atoms with Crippen LogP contribution in [0.5, 0.6) is 0 Å². The summed E-state index contributed by atoms with van der Waals surface area (Å²) in [5.74, 6) is 0. The quantitative estimate of drug-likeness (QED) is 0.0688. The van der Waals surface area contributed by atoms with E-state index >= 15 is 0 Å². The minimum absolute atomic E-state index is 0.0575. The summed E-state index contributed by atoms with van der Waals surface area (Å²) in [5.41, 5.74) is 0. The highest BCUT2D eigenvalue weighted by Crippen LogP contribution is 2.22. The second kappa shape index (κ2) is 28.5. The van der Waals surface area contributed by atoms with Crippen LogP contribution in [-0.4, -0.2) is 30.2 Å². The van der Waals surface area contributed by atoms with Crippen molar-refractivity contribution in [3.8, 4) is 0 Å². The lowest BCUT2D eigenvalue weighted by Gasteiger charge is -2.34. The molecule has 1 aliphatic heterocycles. The molecule has 1 atom stereocenters. The maximum atomic E-state index is 12.4. The molecule has 1 heterocycles. The number of carbonyl (C=O) groups is 1. The van der Waals surface area contributed by atoms with Gasteiger partial charge >= 0.3 is 6.09 Å². The molecule has 0 radical (unpaired) electrons. The number of cyclic esters (lactones) is 1. The second-order valence-corrected chi connectivity index (χ2v) is 12.4. The Kier molecular flexibility index (Phi) is 26.4. The topological polar surface area (TPSA) is 29.5 Å². The van der Waals surface area contributed by atoms with Crippen LogP contribution >= 0.6 is 0 Å². The van der Waals surface area contributed by atoms with Gasteiger partial charge in [-0.05, 0) is 44.9 Å². The van der Waals surface area contributed by atoms with Gasteiger partial charge in [-0.25, -0.2) is 4.79 Å². The van der Waals surface area contributed by atoms with Crippen LogP contribution in [-0.2, 0) is 4.74 Å². The summed E-state index contributed by atoms with van der Waals surface area (Å²) in [6.07, 6.45) is 42.2. The number of nitrogens with zero attached hydrogens (tertiary/aromatic N) is 1. The van der Waals surface area contributed by atoms with Crippen LogP contribution in [0.15, 0.2) is 12.2 Å². The van der Waals surface area contributed by atoms with E-state index in [1.807, 2.05) is 0 Å². The fourth-order valence-electron chi connectivity index (χ4n) is 6.03. The summed E-state index contributed by atoms with van der Waals surface area (Å²) < 4.78 is 5.39. The third-order valence-electron chi connectivity index (χ3n) is 8.63. The summed E-state index contributed by atoms with van der Waals surface area (Å²) in [6, 6.07) is 0.394. The van der Waals surface area contributed by atoms with Gasteiger partial charge < -0.3 is 9.64 Å². The average molecular weight is 548 g/mol. The number of allylic oxidation sites excluding steroid dienone is 2. The van der Waals surface area contributed by atoms with E-state index in [2.05, 4.69) is 30.9 Å². The monoisotopic (exact) mass is 548 g/mol. The molecule has 1 aliphatic rings. The Balaban J connectivity index is 2.07. The Hall–Kier alpha value is -0.990. The van der Waals surface area contributed by atoms with E-state index in [0.717, 1.165) is 25.8 Å². The van der Waals surface area contributed by atoms with Crippen molar-refractivity contribution in [2.45, 2.75) is 200 Å². The first-order valence-electron chi connectivity index (χ1n) is 17.9. The van der Waals surface area contributed by atoms with Crippen LogP contribution in [0.4, 0.5) is 4.79 Å². The summed E-state index contributed by atoms with van der Waals surface area (Å²) in [7, 11) is 0. The zero-order valence-electron chi connectivity index (χ0n) is 26.7. The molecule has 0 saturated carbocycles. The number of hydrogen-bond donors (Lipinski definition) is 0. The Morgan fingerprint density at radius 1 is 0.590 bits per heavy atom. The summed E-state index contributed by atoms with van der Waals surface area (Å²) in [5, 5.41) is 0. The first kappa shape index (κ1) is 36.0. The van der Waals surface area contributed by atoms with E-state index in [9.17, 15) is 4.79 Å². The van der Waals surface area contributed by atoms with Crippen molar-refractivity contribution in [3.05, 3.63) is 12.2 Å². The number of amides is 1. The van der Waals surface area contributed by atoms with Gasteiger partial charge in [0.1, 0.15) is 0 Å². The lowest BCUT2D eigenvalue weighted by molar-refractivity contribution is 0.0502. The predicted octanol–water partition coefficient (Wildman–Crippen LogP) is 12.3. The fraction of sp³-hybridized carbons (Fsp3) is 0.917. The molecular weight excluding hydrogens is 478 g/mol. The Morgan fingerprint density at radius 3 is 1.38 bits per heavy atom. The van der Waals surface area contributed by atoms with Gasteiger partial charge in [0.2, 0.25) is 0 Å². The van der Waals surface area contributed by atoms with Crippen LogP contribution in [0.3, 0.4) is 0 Å². The highest BCUT2D eigenvalue weighted by Gasteiger charge is 2.26. The number of ether oxygens (including phenoxy) is 1. The van der Waals surface area contributed by atoms with Gasteiger partial charge in [0.15, 0.2) is 0 Å². The van der Waals surface area contributed by atoms with Crippen molar-refractivity contribution in [1.29, 1.82) is 0 Å². The molecule has 0 aromatic rings. The first-order valence-corrected chi connectivity index (χ1v) is 17.9. The lowest BCUT2D eigenvalue weighted by Crippen LogP contribution is -2.44. The van der Waals surface area contributed by atoms with Crippen molar-refractivity contribution in [3.63, 3.8) is 0 Å². The molecule has 39 heavy (non-hydrogen) atoms. The van der Waals surface area contributed by atoms with E-state index in [4.69, 9.17) is 4.74 Å². The SMILES string of the molecule is CCCCCCCC/C=C\CCCCCCCC(CCCCCCCCCCCCCC)N1CCCOC1=O. The van der Waals surface area contributed by atoms with Crippen molar-refractivity contribution in [2.24, 2.45) is 0 Å². The van der Waals surface area contributed by atoms with Crippen molar-refractivity contribution in [2.75, 3.05) is 13.2 Å². The first-order chi connectivity index (χ1) is 19.3. The maximum absolute atomic E-state index is 12.4. The zero-order chi connectivity index (χ0) is 28.1. The Bertz CT molecular complexity index is 546. The van der Waals surface area contributed by atoms with Gasteiger partial charge in [-0.3, -0.25) is 0 Å². The summed E-state index contributed by atoms with van der Waals surface area (Å²) in [6.45, 7) is 6.08. The molecule has 230 valence electrons. The normalized spacial score (nSPS) is 14.8. The lowest BCUT2D eigenvalue weighted by atomic mass is 9.98. The Morgan fingerprint density at radius 2 is 0.974 bits per heavy atom. The van der Waals surface area contributed by atoms with E-state index < -0.39 is 0 Å². The van der Waals surface area contributed by atoms with Crippen molar-refractivity contribution < 1.29 is 9.53 Å². The molecular formula is C36H69NO2. The summed E-state index contributed by atoms with van der Waals surface area (Å²) in [4.78, 5) is 14.5. The van der Waals surface area contributed by atoms with E-state index in [-0.39, 0.29) is 6.09 Å². The molecule has 1 saturated heterocycles. The Labute approximate surface area is 245 Å². The zero-order valence-corrected chi connectivity index (χ0v) is 26.7. The molecule has 1 fully saturated rings. The molecule has 0 aromatic carbocycles. The third kappa shape index (κ3) is 22.4. The number of hydrogen-bond acceptors (Lipinski definition) is 2. The highest BCUT2D eigenvalue weighted by atomic mass is 16.6. The molecule has 1 amide bonds. The second-order valence-electron chi connectivity index (χ2n) is 12.4. The van der Waals surface area contributed by atoms with Crippen LogP contribution in [0.1, 0.15) is 194 Å².